The first-order chi connectivity index (χ1) is 14.1. The fourth-order valence-corrected chi connectivity index (χ4v) is 4.57. The van der Waals surface area contributed by atoms with Gasteiger partial charge in [0.05, 0.1) is 16.8 Å². The molecular weight excluding hydrogens is 406 g/mol. The lowest BCUT2D eigenvalue weighted by atomic mass is 10.1. The molecule has 2 amide bonds. The smallest absolute Gasteiger partial charge is 0.313 e. The molecule has 1 aliphatic rings. The number of thiophene rings is 1. The van der Waals surface area contributed by atoms with Crippen LogP contribution < -0.4 is 15.5 Å². The van der Waals surface area contributed by atoms with Crippen molar-refractivity contribution in [2.24, 2.45) is 0 Å². The summed E-state index contributed by atoms with van der Waals surface area (Å²) in [5.74, 6) is -1.41. The average molecular weight is 426 g/mol. The van der Waals surface area contributed by atoms with Gasteiger partial charge < -0.3 is 15.5 Å². The van der Waals surface area contributed by atoms with Crippen molar-refractivity contribution in [2.75, 3.05) is 23.3 Å². The van der Waals surface area contributed by atoms with E-state index in [4.69, 9.17) is 11.6 Å². The number of halogens is 1. The van der Waals surface area contributed by atoms with E-state index < -0.39 is 11.8 Å². The fourth-order valence-electron chi connectivity index (χ4n) is 3.54. The minimum atomic E-state index is -0.732. The first kappa shape index (κ1) is 19.5. The Labute approximate surface area is 178 Å². The Bertz CT molecular complexity index is 1020. The minimum absolute atomic E-state index is 0.0317. The van der Waals surface area contributed by atoms with Gasteiger partial charge in [0.25, 0.3) is 0 Å². The van der Waals surface area contributed by atoms with Crippen LogP contribution in [0.25, 0.3) is 0 Å². The van der Waals surface area contributed by atoms with Gasteiger partial charge in [-0.15, -0.1) is 11.3 Å². The van der Waals surface area contributed by atoms with Crippen LogP contribution in [0.15, 0.2) is 66.0 Å². The number of benzene rings is 2. The standard InChI is InChI=1S/C22H20ClN3O2S/c23-16-7-2-3-8-17(16)25-22(28)21(27)24-14-19(20-10-5-13-29-20)26-12-11-15-6-1-4-9-18(15)26/h1-10,13,19H,11-12,14H2,(H,24,27)(H,25,28). The Balaban J connectivity index is 1.46. The lowest BCUT2D eigenvalue weighted by Crippen LogP contribution is -2.41. The Hall–Kier alpha value is -2.83. The molecule has 0 bridgehead atoms. The molecule has 5 nitrogen and oxygen atoms in total. The summed E-state index contributed by atoms with van der Waals surface area (Å²) < 4.78 is 0. The van der Waals surface area contributed by atoms with Crippen LogP contribution in [0.5, 0.6) is 0 Å². The van der Waals surface area contributed by atoms with Gasteiger partial charge in [0.15, 0.2) is 0 Å². The molecule has 1 aliphatic heterocycles. The van der Waals surface area contributed by atoms with E-state index in [1.807, 2.05) is 23.6 Å². The molecule has 0 fully saturated rings. The first-order valence-electron chi connectivity index (χ1n) is 9.35. The van der Waals surface area contributed by atoms with Gasteiger partial charge in [-0.2, -0.15) is 0 Å². The van der Waals surface area contributed by atoms with Gasteiger partial charge >= 0.3 is 11.8 Å². The zero-order valence-corrected chi connectivity index (χ0v) is 17.2. The van der Waals surface area contributed by atoms with E-state index in [1.165, 1.54) is 11.3 Å². The average Bonchev–Trinajstić information content (AvgIpc) is 3.40. The molecule has 2 N–H and O–H groups in total. The van der Waals surface area contributed by atoms with Gasteiger partial charge in [0.2, 0.25) is 0 Å². The van der Waals surface area contributed by atoms with Crippen LogP contribution >= 0.6 is 22.9 Å². The van der Waals surface area contributed by atoms with E-state index in [-0.39, 0.29) is 6.04 Å². The van der Waals surface area contributed by atoms with Crippen molar-refractivity contribution in [3.63, 3.8) is 0 Å². The van der Waals surface area contributed by atoms with Gasteiger partial charge in [-0.25, -0.2) is 0 Å². The number of rotatable bonds is 5. The highest BCUT2D eigenvalue weighted by atomic mass is 35.5. The van der Waals surface area contributed by atoms with Crippen LogP contribution in [-0.4, -0.2) is 24.9 Å². The third kappa shape index (κ3) is 4.28. The van der Waals surface area contributed by atoms with Crippen LogP contribution in [0.1, 0.15) is 16.5 Å². The number of amides is 2. The topological polar surface area (TPSA) is 61.4 Å². The molecule has 1 atom stereocenters. The number of anilines is 2. The number of para-hydroxylation sites is 2. The number of fused-ring (bicyclic) bond motifs is 1. The number of carbonyl (C=O) groups excluding carboxylic acids is 2. The maximum atomic E-state index is 12.4. The van der Waals surface area contributed by atoms with E-state index >= 15 is 0 Å². The minimum Gasteiger partial charge on any atom is -0.361 e. The van der Waals surface area contributed by atoms with Crippen LogP contribution in [0.2, 0.25) is 5.02 Å². The maximum Gasteiger partial charge on any atom is 0.313 e. The zero-order chi connectivity index (χ0) is 20.2. The lowest BCUT2D eigenvalue weighted by Gasteiger charge is -2.30. The van der Waals surface area contributed by atoms with Crippen LogP contribution in [0.3, 0.4) is 0 Å². The quantitative estimate of drug-likeness (QED) is 0.600. The van der Waals surface area contributed by atoms with Gasteiger partial charge in [-0.05, 0) is 41.6 Å². The number of nitrogens with one attached hydrogen (secondary N) is 2. The highest BCUT2D eigenvalue weighted by molar-refractivity contribution is 7.10. The molecule has 1 unspecified atom stereocenters. The third-order valence-electron chi connectivity index (χ3n) is 4.96. The second kappa shape index (κ2) is 8.68. The number of nitrogens with zero attached hydrogens (tertiary/aromatic N) is 1. The van der Waals surface area contributed by atoms with Crippen molar-refractivity contribution < 1.29 is 9.59 Å². The summed E-state index contributed by atoms with van der Waals surface area (Å²) in [5.41, 5.74) is 2.90. The number of hydrogen-bond donors (Lipinski definition) is 2. The Morgan fingerprint density at radius 3 is 2.62 bits per heavy atom. The van der Waals surface area contributed by atoms with Gasteiger partial charge in [0, 0.05) is 23.7 Å². The van der Waals surface area contributed by atoms with E-state index in [1.54, 1.807) is 35.6 Å². The maximum absolute atomic E-state index is 12.4. The summed E-state index contributed by atoms with van der Waals surface area (Å²) in [7, 11) is 0. The summed E-state index contributed by atoms with van der Waals surface area (Å²) in [6.07, 6.45) is 0.971. The monoisotopic (exact) mass is 425 g/mol. The Morgan fingerprint density at radius 2 is 1.83 bits per heavy atom. The summed E-state index contributed by atoms with van der Waals surface area (Å²) in [6, 6.07) is 19.2. The molecule has 2 heterocycles. The van der Waals surface area contributed by atoms with Crippen LogP contribution in [-0.2, 0) is 16.0 Å². The third-order valence-corrected chi connectivity index (χ3v) is 6.26. The molecule has 0 aliphatic carbocycles. The van der Waals surface area contributed by atoms with E-state index in [0.29, 0.717) is 17.3 Å². The van der Waals surface area contributed by atoms with Crippen molar-refractivity contribution in [1.29, 1.82) is 0 Å². The van der Waals surface area contributed by atoms with Crippen LogP contribution in [0, 0.1) is 0 Å². The molecule has 1 aromatic heterocycles. The second-order valence-corrected chi connectivity index (χ2v) is 8.13. The molecule has 0 saturated carbocycles. The highest BCUT2D eigenvalue weighted by Crippen LogP contribution is 2.36. The molecule has 0 radical (unpaired) electrons. The van der Waals surface area contributed by atoms with E-state index in [0.717, 1.165) is 17.8 Å². The van der Waals surface area contributed by atoms with Gasteiger partial charge in [0.1, 0.15) is 0 Å². The summed E-state index contributed by atoms with van der Waals surface area (Å²) in [5, 5.41) is 7.76. The van der Waals surface area contributed by atoms with E-state index in [9.17, 15) is 9.59 Å². The van der Waals surface area contributed by atoms with Crippen molar-refractivity contribution in [3.05, 3.63) is 81.5 Å². The van der Waals surface area contributed by atoms with Crippen molar-refractivity contribution >= 4 is 46.1 Å². The molecule has 29 heavy (non-hydrogen) atoms. The zero-order valence-electron chi connectivity index (χ0n) is 15.6. The molecular formula is C22H20ClN3O2S. The van der Waals surface area contributed by atoms with Gasteiger partial charge in [-0.1, -0.05) is 48.0 Å². The largest absolute Gasteiger partial charge is 0.361 e. The molecule has 0 saturated heterocycles. The highest BCUT2D eigenvalue weighted by Gasteiger charge is 2.28. The summed E-state index contributed by atoms with van der Waals surface area (Å²) >= 11 is 7.70. The molecule has 7 heteroatoms. The van der Waals surface area contributed by atoms with Crippen molar-refractivity contribution in [3.8, 4) is 0 Å². The fraction of sp³-hybridized carbons (Fsp3) is 0.182. The predicted octanol–water partition coefficient (Wildman–Crippen LogP) is 4.26. The molecule has 148 valence electrons. The normalized spacial score (nSPS) is 13.6. The van der Waals surface area contributed by atoms with Gasteiger partial charge in [-0.3, -0.25) is 9.59 Å². The Morgan fingerprint density at radius 1 is 1.03 bits per heavy atom. The Kier molecular flexibility index (Phi) is 5.83. The lowest BCUT2D eigenvalue weighted by molar-refractivity contribution is -0.136. The number of hydrogen-bond acceptors (Lipinski definition) is 4. The van der Waals surface area contributed by atoms with E-state index in [2.05, 4.69) is 33.7 Å². The molecule has 4 rings (SSSR count). The van der Waals surface area contributed by atoms with Crippen molar-refractivity contribution in [2.45, 2.75) is 12.5 Å². The van der Waals surface area contributed by atoms with Crippen LogP contribution in [0.4, 0.5) is 11.4 Å². The van der Waals surface area contributed by atoms with Crippen molar-refractivity contribution in [1.82, 2.24) is 5.32 Å². The first-order valence-corrected chi connectivity index (χ1v) is 10.6. The summed E-state index contributed by atoms with van der Waals surface area (Å²) in [6.45, 7) is 1.22. The SMILES string of the molecule is O=C(NCC(c1cccs1)N1CCc2ccccc21)C(=O)Nc1ccccc1Cl. The molecule has 0 spiro atoms. The molecule has 3 aromatic rings. The number of carbonyl (C=O) groups is 2. The predicted molar refractivity (Wildman–Crippen MR) is 118 cm³/mol. The molecule has 2 aromatic carbocycles. The summed E-state index contributed by atoms with van der Waals surface area (Å²) in [4.78, 5) is 28.1. The second-order valence-electron chi connectivity index (χ2n) is 6.75.